The van der Waals surface area contributed by atoms with Crippen molar-refractivity contribution in [1.29, 1.82) is 0 Å². The lowest BCUT2D eigenvalue weighted by Gasteiger charge is -2.02. The molecule has 6 rings (SSSR count). The number of fused-ring (bicyclic) bond motifs is 2. The zero-order valence-electron chi connectivity index (χ0n) is 16.3. The monoisotopic (exact) mass is 425 g/mol. The molecule has 0 saturated carbocycles. The van der Waals surface area contributed by atoms with Crippen LogP contribution < -0.4 is 0 Å². The fourth-order valence-corrected chi connectivity index (χ4v) is 3.77. The maximum Gasteiger partial charge on any atom is 0.159 e. The predicted octanol–water partition coefficient (Wildman–Crippen LogP) is 4.90. The van der Waals surface area contributed by atoms with Gasteiger partial charge < -0.3 is 4.98 Å². The molecule has 4 aromatic heterocycles. The molecular formula is C23H13F2N7. The van der Waals surface area contributed by atoms with Gasteiger partial charge in [0, 0.05) is 35.1 Å². The maximum atomic E-state index is 14.8. The molecule has 0 spiro atoms. The summed E-state index contributed by atoms with van der Waals surface area (Å²) in [6.07, 6.45) is 6.22. The quantitative estimate of drug-likeness (QED) is 0.420. The van der Waals surface area contributed by atoms with Crippen LogP contribution in [-0.2, 0) is 0 Å². The molecule has 4 heterocycles. The van der Waals surface area contributed by atoms with Gasteiger partial charge in [-0.15, -0.1) is 0 Å². The molecular weight excluding hydrogens is 412 g/mol. The van der Waals surface area contributed by atoms with Crippen LogP contribution in [0.15, 0.2) is 67.4 Å². The van der Waals surface area contributed by atoms with Crippen molar-refractivity contribution in [3.05, 3.63) is 79.0 Å². The van der Waals surface area contributed by atoms with Crippen molar-refractivity contribution in [3.63, 3.8) is 0 Å². The van der Waals surface area contributed by atoms with E-state index in [4.69, 9.17) is 0 Å². The van der Waals surface area contributed by atoms with Crippen LogP contribution in [0.1, 0.15) is 0 Å². The molecule has 0 unspecified atom stereocenters. The molecule has 0 bridgehead atoms. The van der Waals surface area contributed by atoms with Crippen molar-refractivity contribution in [2.75, 3.05) is 0 Å². The van der Waals surface area contributed by atoms with Crippen molar-refractivity contribution in [2.24, 2.45) is 0 Å². The number of rotatable bonds is 3. The predicted molar refractivity (Wildman–Crippen MR) is 115 cm³/mol. The van der Waals surface area contributed by atoms with E-state index in [2.05, 4.69) is 35.1 Å². The Morgan fingerprint density at radius 2 is 1.69 bits per heavy atom. The number of halogens is 2. The summed E-state index contributed by atoms with van der Waals surface area (Å²) in [5, 5.41) is 7.58. The first-order chi connectivity index (χ1) is 15.7. The second-order valence-corrected chi connectivity index (χ2v) is 7.20. The minimum Gasteiger partial charge on any atom is -0.336 e. The SMILES string of the molecule is Fc1ccccc1-c1nccc2[nH]c(-c3n[nH]c4c(F)cc(-c5cncnc5)cc34)nc12. The second-order valence-electron chi connectivity index (χ2n) is 7.20. The molecule has 154 valence electrons. The average Bonchev–Trinajstić information content (AvgIpc) is 3.44. The van der Waals surface area contributed by atoms with E-state index in [0.29, 0.717) is 50.3 Å². The highest BCUT2D eigenvalue weighted by atomic mass is 19.1. The van der Waals surface area contributed by atoms with Gasteiger partial charge in [-0.2, -0.15) is 5.10 Å². The standard InChI is InChI=1S/C23H13F2N7/c24-16-4-2-1-3-14(16)20-22-18(5-6-28-20)29-23(30-22)21-15-7-12(13-9-26-11-27-10-13)8-17(25)19(15)31-32-21/h1-11H,(H,29,30)(H,31,32). The Hall–Kier alpha value is -4.53. The molecule has 0 aliphatic rings. The molecule has 0 aliphatic carbocycles. The third-order valence-electron chi connectivity index (χ3n) is 5.27. The van der Waals surface area contributed by atoms with Crippen molar-refractivity contribution in [2.45, 2.75) is 0 Å². The number of benzene rings is 2. The van der Waals surface area contributed by atoms with Gasteiger partial charge in [-0.1, -0.05) is 12.1 Å². The largest absolute Gasteiger partial charge is 0.336 e. The fraction of sp³-hybridized carbons (Fsp3) is 0. The lowest BCUT2D eigenvalue weighted by atomic mass is 10.1. The van der Waals surface area contributed by atoms with Gasteiger partial charge in [0.1, 0.15) is 40.4 Å². The minimum atomic E-state index is -0.454. The van der Waals surface area contributed by atoms with Gasteiger partial charge in [0.15, 0.2) is 5.82 Å². The third-order valence-corrected chi connectivity index (χ3v) is 5.27. The Balaban J connectivity index is 1.55. The molecule has 0 amide bonds. The van der Waals surface area contributed by atoms with Crippen molar-refractivity contribution in [1.82, 2.24) is 35.1 Å². The van der Waals surface area contributed by atoms with Crippen molar-refractivity contribution in [3.8, 4) is 33.9 Å². The number of H-pyrrole nitrogens is 2. The van der Waals surface area contributed by atoms with E-state index < -0.39 is 5.82 Å². The van der Waals surface area contributed by atoms with Gasteiger partial charge >= 0.3 is 0 Å². The number of hydrogen-bond donors (Lipinski definition) is 2. The van der Waals surface area contributed by atoms with E-state index in [1.165, 1.54) is 18.5 Å². The molecule has 7 nitrogen and oxygen atoms in total. The molecule has 2 N–H and O–H groups in total. The Labute approximate surface area is 179 Å². The number of aromatic amines is 2. The van der Waals surface area contributed by atoms with Crippen LogP contribution >= 0.6 is 0 Å². The van der Waals surface area contributed by atoms with E-state index in [1.807, 2.05) is 0 Å². The lowest BCUT2D eigenvalue weighted by Crippen LogP contribution is -1.89. The zero-order valence-corrected chi connectivity index (χ0v) is 16.3. The number of aromatic nitrogens is 7. The molecule has 2 aromatic carbocycles. The summed E-state index contributed by atoms with van der Waals surface area (Å²) < 4.78 is 29.2. The van der Waals surface area contributed by atoms with Gasteiger partial charge in [0.05, 0.1) is 5.52 Å². The van der Waals surface area contributed by atoms with E-state index in [9.17, 15) is 8.78 Å². The van der Waals surface area contributed by atoms with Crippen LogP contribution in [0.2, 0.25) is 0 Å². The molecule has 32 heavy (non-hydrogen) atoms. The number of pyridine rings is 1. The summed E-state index contributed by atoms with van der Waals surface area (Å²) in [5.74, 6) is -0.429. The third kappa shape index (κ3) is 2.83. The van der Waals surface area contributed by atoms with Gasteiger partial charge in [-0.05, 0) is 35.9 Å². The summed E-state index contributed by atoms with van der Waals surface area (Å²) in [6.45, 7) is 0. The summed E-state index contributed by atoms with van der Waals surface area (Å²) >= 11 is 0. The highest BCUT2D eigenvalue weighted by Crippen LogP contribution is 2.33. The number of nitrogens with zero attached hydrogens (tertiary/aromatic N) is 5. The van der Waals surface area contributed by atoms with E-state index in [0.717, 1.165) is 0 Å². The highest BCUT2D eigenvalue weighted by molar-refractivity contribution is 5.97. The number of imidazole rings is 1. The number of hydrogen-bond acceptors (Lipinski definition) is 5. The summed E-state index contributed by atoms with van der Waals surface area (Å²) in [4.78, 5) is 20.2. The van der Waals surface area contributed by atoms with E-state index in [1.54, 1.807) is 48.9 Å². The van der Waals surface area contributed by atoms with Crippen LogP contribution in [0.3, 0.4) is 0 Å². The minimum absolute atomic E-state index is 0.258. The Kier molecular flexibility index (Phi) is 4.00. The normalized spacial score (nSPS) is 11.4. The Morgan fingerprint density at radius 3 is 2.53 bits per heavy atom. The van der Waals surface area contributed by atoms with Crippen LogP contribution in [0.5, 0.6) is 0 Å². The molecule has 0 aliphatic heterocycles. The molecule has 0 atom stereocenters. The maximum absolute atomic E-state index is 14.8. The van der Waals surface area contributed by atoms with Crippen LogP contribution in [0.4, 0.5) is 8.78 Å². The van der Waals surface area contributed by atoms with Gasteiger partial charge in [-0.3, -0.25) is 10.1 Å². The van der Waals surface area contributed by atoms with Crippen molar-refractivity contribution >= 4 is 21.9 Å². The van der Waals surface area contributed by atoms with Gasteiger partial charge in [0.25, 0.3) is 0 Å². The Morgan fingerprint density at radius 1 is 0.844 bits per heavy atom. The highest BCUT2D eigenvalue weighted by Gasteiger charge is 2.19. The van der Waals surface area contributed by atoms with Crippen molar-refractivity contribution < 1.29 is 8.78 Å². The molecule has 9 heteroatoms. The van der Waals surface area contributed by atoms with Crippen LogP contribution in [0.25, 0.3) is 55.8 Å². The van der Waals surface area contributed by atoms with Gasteiger partial charge in [0.2, 0.25) is 0 Å². The second kappa shape index (κ2) is 7.02. The van der Waals surface area contributed by atoms with Crippen LogP contribution in [-0.4, -0.2) is 35.1 Å². The Bertz CT molecular complexity index is 1610. The van der Waals surface area contributed by atoms with E-state index >= 15 is 0 Å². The molecule has 6 aromatic rings. The smallest absolute Gasteiger partial charge is 0.159 e. The summed E-state index contributed by atoms with van der Waals surface area (Å²) in [6, 6.07) is 11.3. The fourth-order valence-electron chi connectivity index (χ4n) is 3.77. The summed E-state index contributed by atoms with van der Waals surface area (Å²) in [7, 11) is 0. The molecule has 0 saturated heterocycles. The first-order valence-corrected chi connectivity index (χ1v) is 9.72. The van der Waals surface area contributed by atoms with Gasteiger partial charge in [-0.25, -0.2) is 23.7 Å². The zero-order chi connectivity index (χ0) is 21.7. The molecule has 0 radical (unpaired) electrons. The number of nitrogens with one attached hydrogen (secondary N) is 2. The molecule has 0 fully saturated rings. The van der Waals surface area contributed by atoms with Crippen LogP contribution in [0, 0.1) is 11.6 Å². The lowest BCUT2D eigenvalue weighted by molar-refractivity contribution is 0.631. The first kappa shape index (κ1) is 18.3. The topological polar surface area (TPSA) is 96.0 Å². The summed E-state index contributed by atoms with van der Waals surface area (Å²) in [5.41, 5.74) is 3.91. The van der Waals surface area contributed by atoms with E-state index in [-0.39, 0.29) is 11.3 Å². The average molecular weight is 425 g/mol. The first-order valence-electron chi connectivity index (χ1n) is 9.72.